The molecule has 0 aliphatic carbocycles. The Morgan fingerprint density at radius 3 is 2.63 bits per heavy atom. The van der Waals surface area contributed by atoms with E-state index in [1.54, 1.807) is 41.4 Å². The van der Waals surface area contributed by atoms with Crippen LogP contribution in [-0.4, -0.2) is 36.2 Å². The summed E-state index contributed by atoms with van der Waals surface area (Å²) in [7, 11) is 0. The molecule has 1 aromatic carbocycles. The summed E-state index contributed by atoms with van der Waals surface area (Å²) in [5.74, 6) is 0.0877. The van der Waals surface area contributed by atoms with Gasteiger partial charge in [-0.25, -0.2) is 9.53 Å². The lowest BCUT2D eigenvalue weighted by Crippen LogP contribution is -2.29. The van der Waals surface area contributed by atoms with Crippen LogP contribution in [-0.2, 0) is 4.79 Å². The Morgan fingerprint density at radius 1 is 1.13 bits per heavy atom. The molecule has 0 spiro atoms. The topological polar surface area (TPSA) is 117 Å². The molecule has 0 atom stereocenters. The highest BCUT2D eigenvalue weighted by Gasteiger charge is 2.38. The minimum atomic E-state index is -0.391. The van der Waals surface area contributed by atoms with Crippen molar-refractivity contribution in [3.05, 3.63) is 70.5 Å². The molecule has 148 valence electrons. The number of hydrogen-bond acceptors (Lipinski definition) is 7. The summed E-state index contributed by atoms with van der Waals surface area (Å²) in [6.45, 7) is 0. The van der Waals surface area contributed by atoms with E-state index in [0.29, 0.717) is 21.3 Å². The van der Waals surface area contributed by atoms with Crippen molar-refractivity contribution in [3.63, 3.8) is 0 Å². The van der Waals surface area contributed by atoms with E-state index in [-0.39, 0.29) is 11.0 Å². The lowest BCUT2D eigenvalue weighted by Gasteiger charge is -2.11. The van der Waals surface area contributed by atoms with Crippen molar-refractivity contribution < 1.29 is 9.42 Å². The third-order valence-electron chi connectivity index (χ3n) is 4.43. The summed E-state index contributed by atoms with van der Waals surface area (Å²) in [5, 5.41) is 23.7. The number of H-pyrrole nitrogens is 1. The van der Waals surface area contributed by atoms with E-state index in [4.69, 9.17) is 21.6 Å². The fourth-order valence-electron chi connectivity index (χ4n) is 3.03. The molecule has 5 rings (SSSR count). The van der Waals surface area contributed by atoms with Gasteiger partial charge in [0.15, 0.2) is 5.17 Å². The summed E-state index contributed by atoms with van der Waals surface area (Å²) in [6.07, 6.45) is 6.82. The third-order valence-corrected chi connectivity index (χ3v) is 5.57. The van der Waals surface area contributed by atoms with Gasteiger partial charge < -0.3 is 4.57 Å². The van der Waals surface area contributed by atoms with E-state index in [1.807, 2.05) is 24.3 Å². The second-order valence-electron chi connectivity index (χ2n) is 6.27. The van der Waals surface area contributed by atoms with Gasteiger partial charge in [-0.05, 0) is 52.4 Å². The number of amides is 1. The fraction of sp³-hybridized carbons (Fsp3) is 0. The molecule has 30 heavy (non-hydrogen) atoms. The van der Waals surface area contributed by atoms with Crippen LogP contribution in [0.15, 0.2) is 64.5 Å². The molecule has 1 aliphatic heterocycles. The zero-order valence-corrected chi connectivity index (χ0v) is 16.7. The average molecular weight is 438 g/mol. The predicted octanol–water partition coefficient (Wildman–Crippen LogP) is 3.96. The quantitative estimate of drug-likeness (QED) is 0.467. The molecule has 1 aliphatic rings. The first-order chi connectivity index (χ1) is 14.6. The molecule has 1 fully saturated rings. The van der Waals surface area contributed by atoms with Crippen molar-refractivity contribution in [1.29, 1.82) is 5.41 Å². The van der Waals surface area contributed by atoms with Crippen LogP contribution in [0.3, 0.4) is 0 Å². The largest absolute Gasteiger partial charge is 0.303 e. The highest BCUT2D eigenvalue weighted by atomic mass is 35.5. The SMILES string of the molecule is N=C1S/C(=C\c2cn[nH]c2-c2ccc(Cl)cc2)C(=O)N1c1nonc1-n1cccc1. The van der Waals surface area contributed by atoms with Gasteiger partial charge in [-0.15, -0.1) is 0 Å². The van der Waals surface area contributed by atoms with Gasteiger partial charge in [-0.2, -0.15) is 5.10 Å². The summed E-state index contributed by atoms with van der Waals surface area (Å²) < 4.78 is 6.50. The fourth-order valence-corrected chi connectivity index (χ4v) is 3.99. The molecule has 11 heteroatoms. The monoisotopic (exact) mass is 437 g/mol. The van der Waals surface area contributed by atoms with Gasteiger partial charge in [-0.3, -0.25) is 15.3 Å². The molecule has 4 heterocycles. The van der Waals surface area contributed by atoms with Crippen molar-refractivity contribution in [2.24, 2.45) is 0 Å². The number of anilines is 1. The van der Waals surface area contributed by atoms with E-state index in [2.05, 4.69) is 20.5 Å². The van der Waals surface area contributed by atoms with Gasteiger partial charge in [0.05, 0.1) is 16.8 Å². The Kier molecular flexibility index (Phi) is 4.49. The van der Waals surface area contributed by atoms with E-state index < -0.39 is 5.91 Å². The number of carbonyl (C=O) groups is 1. The minimum absolute atomic E-state index is 0.00638. The highest BCUT2D eigenvalue weighted by molar-refractivity contribution is 8.19. The molecule has 0 radical (unpaired) electrons. The van der Waals surface area contributed by atoms with Crippen molar-refractivity contribution in [3.8, 4) is 17.1 Å². The number of hydrogen-bond donors (Lipinski definition) is 2. The number of carbonyl (C=O) groups excluding carboxylic acids is 1. The molecule has 4 aromatic rings. The van der Waals surface area contributed by atoms with E-state index >= 15 is 0 Å². The number of aromatic nitrogens is 5. The molecule has 1 amide bonds. The number of halogens is 1. The van der Waals surface area contributed by atoms with Crippen LogP contribution in [0.25, 0.3) is 23.2 Å². The zero-order valence-electron chi connectivity index (χ0n) is 15.1. The van der Waals surface area contributed by atoms with Crippen LogP contribution in [0.5, 0.6) is 0 Å². The van der Waals surface area contributed by atoms with Crippen molar-refractivity contribution >= 4 is 46.3 Å². The molecule has 0 unspecified atom stereocenters. The second-order valence-corrected chi connectivity index (χ2v) is 7.73. The smallest absolute Gasteiger partial charge is 0.272 e. The third kappa shape index (κ3) is 3.11. The maximum atomic E-state index is 13.1. The molecule has 0 saturated carbocycles. The maximum absolute atomic E-state index is 13.1. The lowest BCUT2D eigenvalue weighted by molar-refractivity contribution is -0.113. The van der Waals surface area contributed by atoms with Crippen LogP contribution >= 0.6 is 23.4 Å². The standard InChI is InChI=1S/C19H12ClN7O2S/c20-13-5-3-11(4-6-13)15-12(10-22-23-15)9-14-18(28)27(19(21)30-14)17-16(24-29-25-17)26-7-1-2-8-26/h1-10,21H,(H,22,23)/b14-9-,21-19?. The predicted molar refractivity (Wildman–Crippen MR) is 113 cm³/mol. The molecule has 0 bridgehead atoms. The van der Waals surface area contributed by atoms with Gasteiger partial charge in [0.1, 0.15) is 0 Å². The van der Waals surface area contributed by atoms with Crippen LogP contribution in [0, 0.1) is 5.41 Å². The number of nitrogens with zero attached hydrogens (tertiary/aromatic N) is 5. The Bertz CT molecular complexity index is 1270. The summed E-state index contributed by atoms with van der Waals surface area (Å²) >= 11 is 6.99. The van der Waals surface area contributed by atoms with Gasteiger partial charge in [0, 0.05) is 28.5 Å². The van der Waals surface area contributed by atoms with Crippen LogP contribution in [0.2, 0.25) is 5.02 Å². The van der Waals surface area contributed by atoms with Crippen LogP contribution in [0.4, 0.5) is 5.82 Å². The first-order valence-corrected chi connectivity index (χ1v) is 9.89. The number of nitrogens with one attached hydrogen (secondary N) is 2. The van der Waals surface area contributed by atoms with Crippen molar-refractivity contribution in [1.82, 2.24) is 25.1 Å². The van der Waals surface area contributed by atoms with Crippen LogP contribution in [0.1, 0.15) is 5.56 Å². The normalized spacial score (nSPS) is 15.5. The highest BCUT2D eigenvalue weighted by Crippen LogP contribution is 2.37. The number of rotatable bonds is 4. The molecule has 9 nitrogen and oxygen atoms in total. The van der Waals surface area contributed by atoms with Crippen molar-refractivity contribution in [2.75, 3.05) is 4.90 Å². The number of aromatic amines is 1. The first-order valence-electron chi connectivity index (χ1n) is 8.69. The van der Waals surface area contributed by atoms with Crippen LogP contribution < -0.4 is 4.90 Å². The second kappa shape index (κ2) is 7.32. The first kappa shape index (κ1) is 18.4. The molecule has 3 aromatic heterocycles. The molecule has 2 N–H and O–H groups in total. The Labute approximate surface area is 178 Å². The Balaban J connectivity index is 1.49. The van der Waals surface area contributed by atoms with Crippen molar-refractivity contribution in [2.45, 2.75) is 0 Å². The summed E-state index contributed by atoms with van der Waals surface area (Å²) in [4.78, 5) is 14.6. The van der Waals surface area contributed by atoms with E-state index in [9.17, 15) is 4.79 Å². The van der Waals surface area contributed by atoms with E-state index in [0.717, 1.165) is 23.0 Å². The molecule has 1 saturated heterocycles. The van der Waals surface area contributed by atoms with E-state index in [1.165, 1.54) is 4.90 Å². The number of amidine groups is 1. The zero-order chi connectivity index (χ0) is 20.7. The summed E-state index contributed by atoms with van der Waals surface area (Å²) in [5.41, 5.74) is 2.34. The van der Waals surface area contributed by atoms with Gasteiger partial charge in [-0.1, -0.05) is 23.7 Å². The molecular formula is C19H12ClN7O2S. The van der Waals surface area contributed by atoms with Gasteiger partial charge in [0.25, 0.3) is 5.91 Å². The Morgan fingerprint density at radius 2 is 1.87 bits per heavy atom. The average Bonchev–Trinajstić information content (AvgIpc) is 3.51. The molecular weight excluding hydrogens is 426 g/mol. The summed E-state index contributed by atoms with van der Waals surface area (Å²) in [6, 6.07) is 10.9. The number of benzene rings is 1. The Hall–Kier alpha value is -3.63. The maximum Gasteiger partial charge on any atom is 0.272 e. The van der Waals surface area contributed by atoms with Gasteiger partial charge >= 0.3 is 0 Å². The lowest BCUT2D eigenvalue weighted by atomic mass is 10.1. The van der Waals surface area contributed by atoms with Gasteiger partial charge in [0.2, 0.25) is 11.6 Å². The number of thioether (sulfide) groups is 1. The minimum Gasteiger partial charge on any atom is -0.303 e.